The van der Waals surface area contributed by atoms with Crippen LogP contribution >= 0.6 is 0 Å². The monoisotopic (exact) mass is 406 g/mol. The second-order valence-corrected chi connectivity index (χ2v) is 7.29. The van der Waals surface area contributed by atoms with Gasteiger partial charge in [-0.2, -0.15) is 0 Å². The third-order valence-electron chi connectivity index (χ3n) is 5.02. The molecule has 0 spiro atoms. The zero-order valence-electron chi connectivity index (χ0n) is 17.0. The molecule has 0 aliphatic carbocycles. The van der Waals surface area contributed by atoms with Crippen molar-refractivity contribution in [2.24, 2.45) is 0 Å². The van der Waals surface area contributed by atoms with Crippen molar-refractivity contribution in [2.45, 2.75) is 31.8 Å². The van der Waals surface area contributed by atoms with Gasteiger partial charge in [-0.05, 0) is 43.5 Å². The molecule has 2 heterocycles. The number of rotatable bonds is 6. The molecule has 3 rings (SSSR count). The summed E-state index contributed by atoms with van der Waals surface area (Å²) in [5.41, 5.74) is 1.44. The molecule has 156 valence electrons. The summed E-state index contributed by atoms with van der Waals surface area (Å²) in [7, 11) is 0. The number of benzene rings is 1. The average Bonchev–Trinajstić information content (AvgIpc) is 2.79. The number of aromatic nitrogens is 1. The number of pyridine rings is 1. The van der Waals surface area contributed by atoms with E-state index in [1.54, 1.807) is 36.2 Å². The predicted molar refractivity (Wildman–Crippen MR) is 114 cm³/mol. The molecular formula is C23H26N4O3. The summed E-state index contributed by atoms with van der Waals surface area (Å²) in [6, 6.07) is 12.3. The van der Waals surface area contributed by atoms with E-state index < -0.39 is 6.04 Å². The number of carbonyl (C=O) groups excluding carboxylic acids is 3. The molecule has 30 heavy (non-hydrogen) atoms. The van der Waals surface area contributed by atoms with Gasteiger partial charge in [-0.3, -0.25) is 19.4 Å². The molecule has 0 radical (unpaired) electrons. The lowest BCUT2D eigenvalue weighted by molar-refractivity contribution is -0.136. The quantitative estimate of drug-likeness (QED) is 0.718. The lowest BCUT2D eigenvalue weighted by atomic mass is 10.0. The summed E-state index contributed by atoms with van der Waals surface area (Å²) < 4.78 is 0. The number of piperidine rings is 1. The van der Waals surface area contributed by atoms with E-state index in [1.807, 2.05) is 30.3 Å². The van der Waals surface area contributed by atoms with Gasteiger partial charge in [-0.15, -0.1) is 0 Å². The SMILES string of the molecule is CC(NC(=O)/C=C/c1ccccc1)C(=O)N1CCC(NC(=O)c2cccnc2)CC1. The summed E-state index contributed by atoms with van der Waals surface area (Å²) in [5.74, 6) is -0.578. The summed E-state index contributed by atoms with van der Waals surface area (Å²) in [4.78, 5) is 42.7. The van der Waals surface area contributed by atoms with E-state index in [-0.39, 0.29) is 23.8 Å². The van der Waals surface area contributed by atoms with Crippen LogP contribution < -0.4 is 10.6 Å². The highest BCUT2D eigenvalue weighted by Crippen LogP contribution is 2.12. The predicted octanol–water partition coefficient (Wildman–Crippen LogP) is 2.02. The molecule has 2 N–H and O–H groups in total. The lowest BCUT2D eigenvalue weighted by Crippen LogP contribution is -2.52. The highest BCUT2D eigenvalue weighted by molar-refractivity contribution is 5.95. The molecule has 1 aliphatic rings. The van der Waals surface area contributed by atoms with Crippen molar-refractivity contribution in [3.63, 3.8) is 0 Å². The molecule has 1 atom stereocenters. The third kappa shape index (κ3) is 6.01. The molecule has 1 aromatic heterocycles. The molecular weight excluding hydrogens is 380 g/mol. The second kappa shape index (κ2) is 10.3. The van der Waals surface area contributed by atoms with E-state index in [1.165, 1.54) is 12.3 Å². The maximum atomic E-state index is 12.6. The zero-order chi connectivity index (χ0) is 21.3. The van der Waals surface area contributed by atoms with Gasteiger partial charge in [0.25, 0.3) is 5.91 Å². The van der Waals surface area contributed by atoms with Crippen LogP contribution in [0, 0.1) is 0 Å². The van der Waals surface area contributed by atoms with Crippen molar-refractivity contribution in [1.82, 2.24) is 20.5 Å². The number of nitrogens with one attached hydrogen (secondary N) is 2. The first-order valence-electron chi connectivity index (χ1n) is 10.1. The van der Waals surface area contributed by atoms with Gasteiger partial charge in [0.1, 0.15) is 6.04 Å². The molecule has 1 aromatic carbocycles. The fraction of sp³-hybridized carbons (Fsp3) is 0.304. The van der Waals surface area contributed by atoms with Crippen LogP contribution in [0.3, 0.4) is 0 Å². The third-order valence-corrected chi connectivity index (χ3v) is 5.02. The van der Waals surface area contributed by atoms with E-state index in [9.17, 15) is 14.4 Å². The van der Waals surface area contributed by atoms with E-state index in [2.05, 4.69) is 15.6 Å². The minimum absolute atomic E-state index is 0.0143. The molecule has 1 saturated heterocycles. The van der Waals surface area contributed by atoms with Crippen molar-refractivity contribution in [2.75, 3.05) is 13.1 Å². The minimum atomic E-state index is -0.612. The van der Waals surface area contributed by atoms with E-state index in [0.29, 0.717) is 31.5 Å². The van der Waals surface area contributed by atoms with Crippen LogP contribution in [0.15, 0.2) is 60.9 Å². The van der Waals surface area contributed by atoms with Crippen molar-refractivity contribution < 1.29 is 14.4 Å². The maximum absolute atomic E-state index is 12.6. The first-order chi connectivity index (χ1) is 14.5. The Morgan fingerprint density at radius 3 is 2.50 bits per heavy atom. The van der Waals surface area contributed by atoms with Gasteiger partial charge in [0.05, 0.1) is 5.56 Å². The Kier molecular flexibility index (Phi) is 7.32. The fourth-order valence-electron chi connectivity index (χ4n) is 3.34. The minimum Gasteiger partial charge on any atom is -0.349 e. The summed E-state index contributed by atoms with van der Waals surface area (Å²) in [6.07, 6.45) is 7.64. The van der Waals surface area contributed by atoms with Crippen LogP contribution in [0.25, 0.3) is 6.08 Å². The van der Waals surface area contributed by atoms with Crippen molar-refractivity contribution >= 4 is 23.8 Å². The Morgan fingerprint density at radius 2 is 1.83 bits per heavy atom. The van der Waals surface area contributed by atoms with Gasteiger partial charge in [0.2, 0.25) is 11.8 Å². The van der Waals surface area contributed by atoms with Crippen LogP contribution in [0.1, 0.15) is 35.7 Å². The number of carbonyl (C=O) groups is 3. The highest BCUT2D eigenvalue weighted by atomic mass is 16.2. The molecule has 2 aromatic rings. The maximum Gasteiger partial charge on any atom is 0.253 e. The summed E-state index contributed by atoms with van der Waals surface area (Å²) in [6.45, 7) is 2.76. The number of hydrogen-bond donors (Lipinski definition) is 2. The van der Waals surface area contributed by atoms with Crippen LogP contribution in [0.4, 0.5) is 0 Å². The van der Waals surface area contributed by atoms with Gasteiger partial charge >= 0.3 is 0 Å². The zero-order valence-corrected chi connectivity index (χ0v) is 17.0. The summed E-state index contributed by atoms with van der Waals surface area (Å²) >= 11 is 0. The van der Waals surface area contributed by atoms with Crippen molar-refractivity contribution in [3.8, 4) is 0 Å². The molecule has 0 saturated carbocycles. The largest absolute Gasteiger partial charge is 0.349 e. The molecule has 7 nitrogen and oxygen atoms in total. The fourth-order valence-corrected chi connectivity index (χ4v) is 3.34. The van der Waals surface area contributed by atoms with Crippen molar-refractivity contribution in [3.05, 3.63) is 72.1 Å². The topological polar surface area (TPSA) is 91.4 Å². The Hall–Kier alpha value is -3.48. The number of amides is 3. The average molecular weight is 406 g/mol. The van der Waals surface area contributed by atoms with E-state index in [0.717, 1.165) is 5.56 Å². The molecule has 1 aliphatic heterocycles. The molecule has 7 heteroatoms. The van der Waals surface area contributed by atoms with Gasteiger partial charge in [0.15, 0.2) is 0 Å². The molecule has 0 bridgehead atoms. The molecule has 3 amide bonds. The Balaban J connectivity index is 1.43. The second-order valence-electron chi connectivity index (χ2n) is 7.29. The number of hydrogen-bond acceptors (Lipinski definition) is 4. The van der Waals surface area contributed by atoms with Gasteiger partial charge < -0.3 is 15.5 Å². The van der Waals surface area contributed by atoms with Gasteiger partial charge in [0, 0.05) is 37.6 Å². The van der Waals surface area contributed by atoms with Crippen LogP contribution in [-0.2, 0) is 9.59 Å². The Bertz CT molecular complexity index is 891. The smallest absolute Gasteiger partial charge is 0.253 e. The van der Waals surface area contributed by atoms with Crippen LogP contribution in [0.2, 0.25) is 0 Å². The summed E-state index contributed by atoms with van der Waals surface area (Å²) in [5, 5.41) is 5.71. The van der Waals surface area contributed by atoms with E-state index in [4.69, 9.17) is 0 Å². The normalized spacial score (nSPS) is 15.6. The first-order valence-corrected chi connectivity index (χ1v) is 10.1. The number of nitrogens with zero attached hydrogens (tertiary/aromatic N) is 2. The standard InChI is InChI=1S/C23H26N4O3/c1-17(25-21(28)10-9-18-6-3-2-4-7-18)23(30)27-14-11-20(12-15-27)26-22(29)19-8-5-13-24-16-19/h2-10,13,16-17,20H,11-12,14-15H2,1H3,(H,25,28)(H,26,29)/b10-9+. The van der Waals surface area contributed by atoms with Gasteiger partial charge in [-0.1, -0.05) is 30.3 Å². The first kappa shape index (κ1) is 21.2. The highest BCUT2D eigenvalue weighted by Gasteiger charge is 2.27. The van der Waals surface area contributed by atoms with E-state index >= 15 is 0 Å². The number of likely N-dealkylation sites (tertiary alicyclic amines) is 1. The Morgan fingerprint density at radius 1 is 1.10 bits per heavy atom. The van der Waals surface area contributed by atoms with Crippen LogP contribution in [0.5, 0.6) is 0 Å². The van der Waals surface area contributed by atoms with Crippen LogP contribution in [-0.4, -0.2) is 52.8 Å². The van der Waals surface area contributed by atoms with Crippen molar-refractivity contribution in [1.29, 1.82) is 0 Å². The molecule has 1 unspecified atom stereocenters. The Labute approximate surface area is 176 Å². The van der Waals surface area contributed by atoms with Gasteiger partial charge in [-0.25, -0.2) is 0 Å². The molecule has 1 fully saturated rings. The lowest BCUT2D eigenvalue weighted by Gasteiger charge is -2.34.